The van der Waals surface area contributed by atoms with E-state index in [0.717, 1.165) is 35.0 Å². The number of Topliss-reactive ketones (excluding diaryl/α,β-unsaturated/α-hetero) is 1. The zero-order valence-electron chi connectivity index (χ0n) is 17.8. The Morgan fingerprint density at radius 3 is 2.12 bits per heavy atom. The zero-order valence-corrected chi connectivity index (χ0v) is 19.3. The van der Waals surface area contributed by atoms with Crippen LogP contribution >= 0.6 is 23.2 Å². The van der Waals surface area contributed by atoms with E-state index in [2.05, 4.69) is 0 Å². The maximum atomic E-state index is 13.4. The van der Waals surface area contributed by atoms with Crippen molar-refractivity contribution in [3.8, 4) is 0 Å². The Balaban J connectivity index is 1.70. The number of ketones is 1. The van der Waals surface area contributed by atoms with Gasteiger partial charge in [0, 0.05) is 28.3 Å². The van der Waals surface area contributed by atoms with Gasteiger partial charge in [0.05, 0.1) is 21.8 Å². The molecule has 0 N–H and O–H groups in total. The van der Waals surface area contributed by atoms with E-state index in [1.807, 2.05) is 0 Å². The number of non-ortho nitro benzene ring substituents is 1. The fourth-order valence-electron chi connectivity index (χ4n) is 4.43. The zero-order chi connectivity index (χ0) is 24.6. The molecule has 176 valence electrons. The van der Waals surface area contributed by atoms with Crippen molar-refractivity contribution < 1.29 is 24.1 Å². The van der Waals surface area contributed by atoms with Crippen molar-refractivity contribution in [2.24, 2.45) is 11.8 Å². The molecule has 9 nitrogen and oxygen atoms in total. The summed E-state index contributed by atoms with van der Waals surface area (Å²) in [6.07, 6.45) is 2.65. The fraction of sp³-hybridized carbons (Fsp3) is 0.304. The maximum Gasteiger partial charge on any atom is 0.273 e. The molecule has 0 radical (unpaired) electrons. The number of imide groups is 1. The summed E-state index contributed by atoms with van der Waals surface area (Å²) in [5.41, 5.74) is -0.174. The molecular weight excluding hydrogens is 485 g/mol. The first-order chi connectivity index (χ1) is 16.2. The average molecular weight is 504 g/mol. The number of carbonyl (C=O) groups excluding carboxylic acids is 4. The average Bonchev–Trinajstić information content (AvgIpc) is 3.07. The van der Waals surface area contributed by atoms with Crippen molar-refractivity contribution in [2.45, 2.75) is 25.7 Å². The molecule has 0 spiro atoms. The first kappa shape index (κ1) is 23.8. The summed E-state index contributed by atoms with van der Waals surface area (Å²) in [6, 6.07) is 8.93. The van der Waals surface area contributed by atoms with Crippen LogP contribution in [0.4, 0.5) is 5.69 Å². The summed E-state index contributed by atoms with van der Waals surface area (Å²) in [5, 5.41) is 12.9. The number of nitrogens with zero attached hydrogens (tertiary/aromatic N) is 3. The number of carbonyl (C=O) groups is 4. The summed E-state index contributed by atoms with van der Waals surface area (Å²) in [7, 11) is 0. The van der Waals surface area contributed by atoms with Gasteiger partial charge in [-0.15, -0.1) is 0 Å². The molecule has 2 aromatic rings. The number of halogens is 2. The van der Waals surface area contributed by atoms with Gasteiger partial charge in [0.1, 0.15) is 6.54 Å². The third kappa shape index (κ3) is 4.41. The van der Waals surface area contributed by atoms with E-state index in [9.17, 15) is 29.3 Å². The predicted molar refractivity (Wildman–Crippen MR) is 122 cm³/mol. The number of nitro groups is 1. The van der Waals surface area contributed by atoms with E-state index in [1.165, 1.54) is 30.3 Å². The van der Waals surface area contributed by atoms with Crippen molar-refractivity contribution in [3.63, 3.8) is 0 Å². The lowest BCUT2D eigenvalue weighted by Crippen LogP contribution is -2.52. The van der Waals surface area contributed by atoms with Gasteiger partial charge in [-0.3, -0.25) is 29.3 Å². The predicted octanol–water partition coefficient (Wildman–Crippen LogP) is 4.32. The van der Waals surface area contributed by atoms with Gasteiger partial charge < -0.3 is 0 Å². The SMILES string of the molecule is O=C(CN(C(=O)c1ccc([N+](=O)[O-])cc1)N1C(=O)[C@H]2CCCC[C@H]2C1=O)c1ccc(Cl)cc1Cl. The quantitative estimate of drug-likeness (QED) is 0.250. The van der Waals surface area contributed by atoms with Crippen LogP contribution in [0.5, 0.6) is 0 Å². The molecule has 1 heterocycles. The molecule has 34 heavy (non-hydrogen) atoms. The number of rotatable bonds is 6. The Morgan fingerprint density at radius 2 is 1.59 bits per heavy atom. The van der Waals surface area contributed by atoms with E-state index >= 15 is 0 Å². The summed E-state index contributed by atoms with van der Waals surface area (Å²) < 4.78 is 0. The Hall–Kier alpha value is -3.30. The number of hydrogen-bond acceptors (Lipinski definition) is 6. The molecule has 0 bridgehead atoms. The molecule has 0 unspecified atom stereocenters. The van der Waals surface area contributed by atoms with Crippen LogP contribution < -0.4 is 0 Å². The lowest BCUT2D eigenvalue weighted by molar-refractivity contribution is -0.384. The highest BCUT2D eigenvalue weighted by atomic mass is 35.5. The monoisotopic (exact) mass is 503 g/mol. The fourth-order valence-corrected chi connectivity index (χ4v) is 4.94. The lowest BCUT2D eigenvalue weighted by Gasteiger charge is -2.30. The van der Waals surface area contributed by atoms with Gasteiger partial charge in [-0.2, -0.15) is 5.01 Å². The molecule has 2 fully saturated rings. The third-order valence-electron chi connectivity index (χ3n) is 6.14. The van der Waals surface area contributed by atoms with Gasteiger partial charge in [-0.1, -0.05) is 36.0 Å². The van der Waals surface area contributed by atoms with Crippen LogP contribution in [0.2, 0.25) is 10.0 Å². The number of fused-ring (bicyclic) bond motifs is 1. The van der Waals surface area contributed by atoms with E-state index < -0.39 is 46.8 Å². The van der Waals surface area contributed by atoms with Crippen LogP contribution in [0.1, 0.15) is 46.4 Å². The minimum Gasteiger partial charge on any atom is -0.292 e. The Kier molecular flexibility index (Phi) is 6.67. The topological polar surface area (TPSA) is 118 Å². The van der Waals surface area contributed by atoms with Crippen molar-refractivity contribution in [1.29, 1.82) is 0 Å². The van der Waals surface area contributed by atoms with Crippen molar-refractivity contribution in [3.05, 3.63) is 73.8 Å². The summed E-state index contributed by atoms with van der Waals surface area (Å²) in [4.78, 5) is 63.2. The molecule has 11 heteroatoms. The minimum absolute atomic E-state index is 0.0175. The van der Waals surface area contributed by atoms with Gasteiger partial charge in [0.15, 0.2) is 5.78 Å². The first-order valence-electron chi connectivity index (χ1n) is 10.6. The number of amides is 3. The Morgan fingerprint density at radius 1 is 1.00 bits per heavy atom. The second kappa shape index (κ2) is 9.52. The number of benzene rings is 2. The highest BCUT2D eigenvalue weighted by Crippen LogP contribution is 2.39. The van der Waals surface area contributed by atoms with Gasteiger partial charge in [0.25, 0.3) is 23.4 Å². The normalized spacial score (nSPS) is 19.6. The Bertz CT molecular complexity index is 1180. The molecule has 2 aliphatic rings. The molecule has 0 aromatic heterocycles. The van der Waals surface area contributed by atoms with E-state index in [-0.39, 0.29) is 21.8 Å². The molecular formula is C23H19Cl2N3O6. The van der Waals surface area contributed by atoms with Crippen LogP contribution in [-0.2, 0) is 9.59 Å². The highest BCUT2D eigenvalue weighted by Gasteiger charge is 2.51. The number of hydrogen-bond donors (Lipinski definition) is 0. The minimum atomic E-state index is -0.811. The summed E-state index contributed by atoms with van der Waals surface area (Å²) >= 11 is 12.0. The highest BCUT2D eigenvalue weighted by molar-refractivity contribution is 6.37. The van der Waals surface area contributed by atoms with Crippen molar-refractivity contribution in [2.75, 3.05) is 6.54 Å². The molecule has 2 aromatic carbocycles. The summed E-state index contributed by atoms with van der Waals surface area (Å²) in [5.74, 6) is -3.55. The largest absolute Gasteiger partial charge is 0.292 e. The molecule has 2 atom stereocenters. The first-order valence-corrected chi connectivity index (χ1v) is 11.4. The van der Waals surface area contributed by atoms with Crippen LogP contribution in [0.3, 0.4) is 0 Å². The number of hydrazine groups is 1. The molecule has 4 rings (SSSR count). The third-order valence-corrected chi connectivity index (χ3v) is 6.69. The van der Waals surface area contributed by atoms with Crippen molar-refractivity contribution in [1.82, 2.24) is 10.0 Å². The van der Waals surface area contributed by atoms with Gasteiger partial charge >= 0.3 is 0 Å². The maximum absolute atomic E-state index is 13.4. The smallest absolute Gasteiger partial charge is 0.273 e. The molecule has 1 aliphatic carbocycles. The molecule has 1 saturated carbocycles. The molecule has 3 amide bonds. The lowest BCUT2D eigenvalue weighted by atomic mass is 9.81. The standard InChI is InChI=1S/C23H19Cl2N3O6/c24-14-7-10-18(19(25)11-14)20(29)12-26(21(30)13-5-8-15(9-6-13)28(33)34)27-22(31)16-3-1-2-4-17(16)23(27)32/h5-11,16-17H,1-4,12H2/t16-,17+. The van der Waals surface area contributed by atoms with Gasteiger partial charge in [0.2, 0.25) is 0 Å². The Labute approximate surface area is 204 Å². The van der Waals surface area contributed by atoms with Crippen LogP contribution in [-0.4, -0.2) is 45.0 Å². The van der Waals surface area contributed by atoms with Crippen LogP contribution in [0.25, 0.3) is 0 Å². The van der Waals surface area contributed by atoms with E-state index in [4.69, 9.17) is 23.2 Å². The van der Waals surface area contributed by atoms with Gasteiger partial charge in [-0.25, -0.2) is 5.01 Å². The second-order valence-corrected chi connectivity index (χ2v) is 9.04. The van der Waals surface area contributed by atoms with Crippen LogP contribution in [0.15, 0.2) is 42.5 Å². The molecule has 1 saturated heterocycles. The molecule has 1 aliphatic heterocycles. The van der Waals surface area contributed by atoms with E-state index in [1.54, 1.807) is 0 Å². The van der Waals surface area contributed by atoms with E-state index in [0.29, 0.717) is 17.9 Å². The van der Waals surface area contributed by atoms with Crippen molar-refractivity contribution >= 4 is 52.4 Å². The van der Waals surface area contributed by atoms with Gasteiger partial charge in [-0.05, 0) is 43.2 Å². The second-order valence-electron chi connectivity index (χ2n) is 8.20. The van der Waals surface area contributed by atoms with Crippen LogP contribution in [0, 0.1) is 22.0 Å². The summed E-state index contributed by atoms with van der Waals surface area (Å²) in [6.45, 7) is -0.631. The number of nitro benzene ring substituents is 1.